The van der Waals surface area contributed by atoms with Crippen LogP contribution in [0.15, 0.2) is 42.5 Å². The van der Waals surface area contributed by atoms with Gasteiger partial charge in [-0.2, -0.15) is 0 Å². The van der Waals surface area contributed by atoms with Crippen molar-refractivity contribution in [2.24, 2.45) is 5.73 Å². The van der Waals surface area contributed by atoms with Gasteiger partial charge < -0.3 is 20.5 Å². The second-order valence-electron chi connectivity index (χ2n) is 5.37. The summed E-state index contributed by atoms with van der Waals surface area (Å²) in [5.74, 6) is 0.616. The van der Waals surface area contributed by atoms with E-state index in [2.05, 4.69) is 36.5 Å². The summed E-state index contributed by atoms with van der Waals surface area (Å²) in [5.41, 5.74) is 8.56. The standard InChI is InChI=1S/C19H24N2O3/c1-3-14-5-8-16(9-6-14)21-12-15-7-10-17(24-13-19(20)22)18(11-15)23-4-2/h5-11,21H,3-4,12-13H2,1-2H3,(H2,20,22). The van der Waals surface area contributed by atoms with Gasteiger partial charge in [0.15, 0.2) is 18.1 Å². The third-order valence-electron chi connectivity index (χ3n) is 3.54. The molecule has 0 saturated carbocycles. The molecule has 3 N–H and O–H groups in total. The molecule has 0 aromatic heterocycles. The van der Waals surface area contributed by atoms with Gasteiger partial charge in [-0.05, 0) is 48.7 Å². The lowest BCUT2D eigenvalue weighted by atomic mass is 10.1. The van der Waals surface area contributed by atoms with Crippen molar-refractivity contribution in [1.82, 2.24) is 0 Å². The van der Waals surface area contributed by atoms with Crippen molar-refractivity contribution in [1.29, 1.82) is 0 Å². The zero-order valence-electron chi connectivity index (χ0n) is 14.2. The Balaban J connectivity index is 2.03. The number of carbonyl (C=O) groups is 1. The van der Waals surface area contributed by atoms with E-state index < -0.39 is 5.91 Å². The maximum Gasteiger partial charge on any atom is 0.255 e. The van der Waals surface area contributed by atoms with Crippen LogP contribution in [-0.4, -0.2) is 19.1 Å². The number of aryl methyl sites for hydroxylation is 1. The Bertz CT molecular complexity index is 669. The van der Waals surface area contributed by atoms with Crippen LogP contribution in [0.25, 0.3) is 0 Å². The molecule has 0 aliphatic heterocycles. The molecule has 0 unspecified atom stereocenters. The minimum atomic E-state index is -0.515. The number of carbonyl (C=O) groups excluding carboxylic acids is 1. The van der Waals surface area contributed by atoms with Gasteiger partial charge in [0, 0.05) is 12.2 Å². The molecule has 5 nitrogen and oxygen atoms in total. The van der Waals surface area contributed by atoms with Gasteiger partial charge in [-0.25, -0.2) is 0 Å². The van der Waals surface area contributed by atoms with E-state index in [4.69, 9.17) is 15.2 Å². The second-order valence-corrected chi connectivity index (χ2v) is 5.37. The smallest absolute Gasteiger partial charge is 0.255 e. The molecule has 0 radical (unpaired) electrons. The number of hydrogen-bond acceptors (Lipinski definition) is 4. The van der Waals surface area contributed by atoms with Crippen molar-refractivity contribution >= 4 is 11.6 Å². The highest BCUT2D eigenvalue weighted by atomic mass is 16.5. The van der Waals surface area contributed by atoms with Gasteiger partial charge in [-0.3, -0.25) is 4.79 Å². The predicted octanol–water partition coefficient (Wildman–Crippen LogP) is 3.12. The first-order valence-electron chi connectivity index (χ1n) is 8.12. The van der Waals surface area contributed by atoms with Crippen LogP contribution >= 0.6 is 0 Å². The lowest BCUT2D eigenvalue weighted by Gasteiger charge is -2.13. The van der Waals surface area contributed by atoms with Crippen LogP contribution in [0.3, 0.4) is 0 Å². The van der Waals surface area contributed by atoms with Crippen molar-refractivity contribution in [3.8, 4) is 11.5 Å². The molecule has 0 aliphatic carbocycles. The molecule has 0 fully saturated rings. The fourth-order valence-electron chi connectivity index (χ4n) is 2.26. The number of nitrogens with one attached hydrogen (secondary N) is 1. The van der Waals surface area contributed by atoms with Crippen molar-refractivity contribution in [2.45, 2.75) is 26.8 Å². The Labute approximate surface area is 142 Å². The average molecular weight is 328 g/mol. The molecule has 1 amide bonds. The number of nitrogens with two attached hydrogens (primary N) is 1. The van der Waals surface area contributed by atoms with Gasteiger partial charge in [0.1, 0.15) is 0 Å². The van der Waals surface area contributed by atoms with E-state index in [1.165, 1.54) is 5.56 Å². The molecule has 2 rings (SSSR count). The molecule has 0 spiro atoms. The third-order valence-corrected chi connectivity index (χ3v) is 3.54. The fourth-order valence-corrected chi connectivity index (χ4v) is 2.26. The minimum absolute atomic E-state index is 0.165. The van der Waals surface area contributed by atoms with Crippen molar-refractivity contribution in [2.75, 3.05) is 18.5 Å². The van der Waals surface area contributed by atoms with E-state index in [0.717, 1.165) is 17.7 Å². The molecule has 128 valence electrons. The number of benzene rings is 2. The average Bonchev–Trinajstić information content (AvgIpc) is 2.59. The second kappa shape index (κ2) is 8.82. The van der Waals surface area contributed by atoms with Crippen molar-refractivity contribution in [3.63, 3.8) is 0 Å². The number of primary amides is 1. The third kappa shape index (κ3) is 5.19. The van der Waals surface area contributed by atoms with Gasteiger partial charge in [0.05, 0.1) is 6.61 Å². The Hall–Kier alpha value is -2.69. The van der Waals surface area contributed by atoms with Gasteiger partial charge >= 0.3 is 0 Å². The molecular formula is C19H24N2O3. The number of hydrogen-bond donors (Lipinski definition) is 2. The van der Waals surface area contributed by atoms with E-state index in [-0.39, 0.29) is 6.61 Å². The molecular weight excluding hydrogens is 304 g/mol. The number of ether oxygens (including phenoxy) is 2. The summed E-state index contributed by atoms with van der Waals surface area (Å²) in [6, 6.07) is 14.0. The summed E-state index contributed by atoms with van der Waals surface area (Å²) >= 11 is 0. The van der Waals surface area contributed by atoms with E-state index in [1.807, 2.05) is 19.1 Å². The Morgan fingerprint density at radius 1 is 1.00 bits per heavy atom. The van der Waals surface area contributed by atoms with Crippen LogP contribution in [0.4, 0.5) is 5.69 Å². The van der Waals surface area contributed by atoms with Crippen LogP contribution < -0.4 is 20.5 Å². The maximum absolute atomic E-state index is 10.9. The predicted molar refractivity (Wildman–Crippen MR) is 95.4 cm³/mol. The van der Waals surface area contributed by atoms with Crippen LogP contribution in [0.5, 0.6) is 11.5 Å². The van der Waals surface area contributed by atoms with Crippen LogP contribution in [0.1, 0.15) is 25.0 Å². The molecule has 5 heteroatoms. The highest BCUT2D eigenvalue weighted by Crippen LogP contribution is 2.28. The van der Waals surface area contributed by atoms with Crippen LogP contribution in [-0.2, 0) is 17.8 Å². The quantitative estimate of drug-likeness (QED) is 0.742. The van der Waals surface area contributed by atoms with Gasteiger partial charge in [0.2, 0.25) is 0 Å². The van der Waals surface area contributed by atoms with E-state index in [1.54, 1.807) is 6.07 Å². The summed E-state index contributed by atoms with van der Waals surface area (Å²) in [6.07, 6.45) is 1.03. The number of amides is 1. The highest BCUT2D eigenvalue weighted by molar-refractivity contribution is 5.75. The van der Waals surface area contributed by atoms with E-state index in [9.17, 15) is 4.79 Å². The molecule has 0 bridgehead atoms. The van der Waals surface area contributed by atoms with E-state index in [0.29, 0.717) is 24.7 Å². The molecule has 0 saturated heterocycles. The SMILES string of the molecule is CCOc1cc(CNc2ccc(CC)cc2)ccc1OCC(N)=O. The van der Waals surface area contributed by atoms with Crippen molar-refractivity contribution in [3.05, 3.63) is 53.6 Å². The molecule has 2 aromatic rings. The van der Waals surface area contributed by atoms with Crippen LogP contribution in [0, 0.1) is 0 Å². The Morgan fingerprint density at radius 2 is 1.71 bits per heavy atom. The molecule has 24 heavy (non-hydrogen) atoms. The normalized spacial score (nSPS) is 10.2. The summed E-state index contributed by atoms with van der Waals surface area (Å²) in [6.45, 7) is 5.06. The monoisotopic (exact) mass is 328 g/mol. The Morgan fingerprint density at radius 3 is 2.33 bits per heavy atom. The van der Waals surface area contributed by atoms with Gasteiger partial charge in [-0.15, -0.1) is 0 Å². The topological polar surface area (TPSA) is 73.6 Å². The Kier molecular flexibility index (Phi) is 6.49. The van der Waals surface area contributed by atoms with Gasteiger partial charge in [0.25, 0.3) is 5.91 Å². The summed E-state index contributed by atoms with van der Waals surface area (Å²) in [4.78, 5) is 10.9. The van der Waals surface area contributed by atoms with Crippen LogP contribution in [0.2, 0.25) is 0 Å². The summed E-state index contributed by atoms with van der Waals surface area (Å²) < 4.78 is 11.0. The first kappa shape index (κ1) is 17.7. The molecule has 0 aliphatic rings. The summed E-state index contributed by atoms with van der Waals surface area (Å²) in [7, 11) is 0. The lowest BCUT2D eigenvalue weighted by molar-refractivity contribution is -0.119. The largest absolute Gasteiger partial charge is 0.490 e. The highest BCUT2D eigenvalue weighted by Gasteiger charge is 2.08. The summed E-state index contributed by atoms with van der Waals surface area (Å²) in [5, 5.41) is 3.38. The maximum atomic E-state index is 10.9. The lowest BCUT2D eigenvalue weighted by Crippen LogP contribution is -2.20. The molecule has 0 atom stereocenters. The number of rotatable bonds is 9. The molecule has 2 aromatic carbocycles. The molecule has 0 heterocycles. The minimum Gasteiger partial charge on any atom is -0.490 e. The number of anilines is 1. The van der Waals surface area contributed by atoms with Crippen molar-refractivity contribution < 1.29 is 14.3 Å². The zero-order chi connectivity index (χ0) is 17.4. The van der Waals surface area contributed by atoms with Gasteiger partial charge in [-0.1, -0.05) is 25.1 Å². The first-order valence-corrected chi connectivity index (χ1v) is 8.12. The fraction of sp³-hybridized carbons (Fsp3) is 0.316. The van der Waals surface area contributed by atoms with E-state index >= 15 is 0 Å². The zero-order valence-corrected chi connectivity index (χ0v) is 14.2. The first-order chi connectivity index (χ1) is 11.6.